The largest absolute Gasteiger partial charge is 0.399 e. The van der Waals surface area contributed by atoms with E-state index >= 15 is 0 Å². The van der Waals surface area contributed by atoms with Crippen molar-refractivity contribution in [2.24, 2.45) is 0 Å². The predicted octanol–water partition coefficient (Wildman–Crippen LogP) is 1.49. The molecule has 0 bridgehead atoms. The van der Waals surface area contributed by atoms with E-state index < -0.39 is 0 Å². The van der Waals surface area contributed by atoms with Crippen LogP contribution in [-0.2, 0) is 4.79 Å². The fourth-order valence-electron chi connectivity index (χ4n) is 2.35. The Labute approximate surface area is 114 Å². The van der Waals surface area contributed by atoms with Crippen LogP contribution >= 0.6 is 0 Å². The van der Waals surface area contributed by atoms with E-state index in [4.69, 9.17) is 5.73 Å². The highest BCUT2D eigenvalue weighted by atomic mass is 16.1. The van der Waals surface area contributed by atoms with Gasteiger partial charge in [0.05, 0.1) is 0 Å². The number of amides is 1. The summed E-state index contributed by atoms with van der Waals surface area (Å²) in [5.41, 5.74) is 7.32. The fraction of sp³-hybridized carbons (Fsp3) is 0.400. The molecule has 2 rings (SSSR count). The molecule has 3 N–H and O–H groups in total. The molecule has 1 aliphatic rings. The van der Waals surface area contributed by atoms with E-state index in [2.05, 4.69) is 17.3 Å². The topological polar surface area (TPSA) is 58.4 Å². The molecule has 4 heteroatoms. The third-order valence-corrected chi connectivity index (χ3v) is 3.52. The first kappa shape index (κ1) is 13.6. The number of benzene rings is 1. The van der Waals surface area contributed by atoms with Crippen LogP contribution in [0.1, 0.15) is 18.4 Å². The van der Waals surface area contributed by atoms with Gasteiger partial charge in [-0.3, -0.25) is 4.79 Å². The zero-order valence-corrected chi connectivity index (χ0v) is 11.3. The van der Waals surface area contributed by atoms with Crippen molar-refractivity contribution in [2.75, 3.05) is 25.9 Å². The lowest BCUT2D eigenvalue weighted by atomic mass is 10.2. The summed E-state index contributed by atoms with van der Waals surface area (Å²) >= 11 is 0. The maximum absolute atomic E-state index is 11.7. The van der Waals surface area contributed by atoms with Crippen LogP contribution in [0.2, 0.25) is 0 Å². The summed E-state index contributed by atoms with van der Waals surface area (Å²) in [6, 6.07) is 7.94. The molecule has 1 fully saturated rings. The van der Waals surface area contributed by atoms with Crippen LogP contribution in [0.4, 0.5) is 5.69 Å². The second kappa shape index (κ2) is 6.38. The second-order valence-corrected chi connectivity index (χ2v) is 5.03. The van der Waals surface area contributed by atoms with Crippen LogP contribution in [0, 0.1) is 0 Å². The standard InChI is InChI=1S/C15H21N3O/c1-18-9-3-6-14(18)11-17-15(19)8-7-12-4-2-5-13(16)10-12/h2,4-5,7-8,10,14H,3,6,9,11,16H2,1H3,(H,17,19)/b8-7+. The molecule has 0 aromatic heterocycles. The number of likely N-dealkylation sites (tertiary alicyclic amines) is 1. The van der Waals surface area contributed by atoms with Crippen molar-refractivity contribution in [1.29, 1.82) is 0 Å². The first-order chi connectivity index (χ1) is 9.15. The Morgan fingerprint density at radius 1 is 1.58 bits per heavy atom. The van der Waals surface area contributed by atoms with Gasteiger partial charge in [0.15, 0.2) is 0 Å². The van der Waals surface area contributed by atoms with Gasteiger partial charge >= 0.3 is 0 Å². The van der Waals surface area contributed by atoms with E-state index in [1.54, 1.807) is 12.2 Å². The second-order valence-electron chi connectivity index (χ2n) is 5.03. The first-order valence-corrected chi connectivity index (χ1v) is 6.67. The molecule has 1 heterocycles. The van der Waals surface area contributed by atoms with Gasteiger partial charge < -0.3 is 16.0 Å². The third kappa shape index (κ3) is 4.10. The van der Waals surface area contributed by atoms with E-state index in [0.717, 1.165) is 25.1 Å². The number of nitrogens with zero attached hydrogens (tertiary/aromatic N) is 1. The Hall–Kier alpha value is -1.81. The van der Waals surface area contributed by atoms with Crippen molar-refractivity contribution in [3.63, 3.8) is 0 Å². The minimum Gasteiger partial charge on any atom is -0.399 e. The molecule has 4 nitrogen and oxygen atoms in total. The minimum atomic E-state index is -0.0530. The number of likely N-dealkylation sites (N-methyl/N-ethyl adjacent to an activating group) is 1. The fourth-order valence-corrected chi connectivity index (χ4v) is 2.35. The van der Waals surface area contributed by atoms with Crippen molar-refractivity contribution in [3.8, 4) is 0 Å². The number of carbonyl (C=O) groups is 1. The van der Waals surface area contributed by atoms with Crippen LogP contribution in [-0.4, -0.2) is 37.0 Å². The van der Waals surface area contributed by atoms with Gasteiger partial charge in [-0.25, -0.2) is 0 Å². The van der Waals surface area contributed by atoms with Crippen molar-refractivity contribution in [3.05, 3.63) is 35.9 Å². The number of nitrogen functional groups attached to an aromatic ring is 1. The van der Waals surface area contributed by atoms with E-state index in [1.165, 1.54) is 6.42 Å². The molecule has 1 atom stereocenters. The van der Waals surface area contributed by atoms with Gasteiger partial charge in [-0.2, -0.15) is 0 Å². The van der Waals surface area contributed by atoms with E-state index in [9.17, 15) is 4.79 Å². The molecule has 1 saturated heterocycles. The first-order valence-electron chi connectivity index (χ1n) is 6.67. The van der Waals surface area contributed by atoms with Crippen LogP contribution in [0.15, 0.2) is 30.3 Å². The smallest absolute Gasteiger partial charge is 0.244 e. The van der Waals surface area contributed by atoms with E-state index in [-0.39, 0.29) is 5.91 Å². The van der Waals surface area contributed by atoms with Gasteiger partial charge in [0.2, 0.25) is 5.91 Å². The van der Waals surface area contributed by atoms with Crippen LogP contribution in [0.25, 0.3) is 6.08 Å². The Morgan fingerprint density at radius 3 is 3.11 bits per heavy atom. The summed E-state index contributed by atoms with van der Waals surface area (Å²) in [6.45, 7) is 1.84. The van der Waals surface area contributed by atoms with Gasteiger partial charge in [-0.15, -0.1) is 0 Å². The highest BCUT2D eigenvalue weighted by Crippen LogP contribution is 2.13. The lowest BCUT2D eigenvalue weighted by Gasteiger charge is -2.19. The number of carbonyl (C=O) groups excluding carboxylic acids is 1. The van der Waals surface area contributed by atoms with Crippen molar-refractivity contribution in [1.82, 2.24) is 10.2 Å². The molecule has 0 spiro atoms. The van der Waals surface area contributed by atoms with Crippen molar-refractivity contribution >= 4 is 17.7 Å². The van der Waals surface area contributed by atoms with Crippen molar-refractivity contribution < 1.29 is 4.79 Å². The minimum absolute atomic E-state index is 0.0530. The molecule has 0 radical (unpaired) electrons. The molecule has 19 heavy (non-hydrogen) atoms. The van der Waals surface area contributed by atoms with Gasteiger partial charge in [-0.1, -0.05) is 12.1 Å². The molecule has 1 aliphatic heterocycles. The average Bonchev–Trinajstić information content (AvgIpc) is 2.80. The monoisotopic (exact) mass is 259 g/mol. The van der Waals surface area contributed by atoms with Gasteiger partial charge in [0, 0.05) is 24.4 Å². The molecule has 102 valence electrons. The number of hydrogen-bond acceptors (Lipinski definition) is 3. The summed E-state index contributed by atoms with van der Waals surface area (Å²) in [5, 5.41) is 2.94. The van der Waals surface area contributed by atoms with Crippen molar-refractivity contribution in [2.45, 2.75) is 18.9 Å². The molecule has 0 aliphatic carbocycles. The third-order valence-electron chi connectivity index (χ3n) is 3.52. The Morgan fingerprint density at radius 2 is 2.42 bits per heavy atom. The molecular weight excluding hydrogens is 238 g/mol. The Balaban J connectivity index is 1.81. The van der Waals surface area contributed by atoms with E-state index in [1.807, 2.05) is 24.3 Å². The maximum Gasteiger partial charge on any atom is 0.244 e. The molecule has 1 unspecified atom stereocenters. The zero-order chi connectivity index (χ0) is 13.7. The number of rotatable bonds is 4. The van der Waals surface area contributed by atoms with E-state index in [0.29, 0.717) is 11.7 Å². The lowest BCUT2D eigenvalue weighted by molar-refractivity contribution is -0.116. The molecule has 1 aromatic carbocycles. The summed E-state index contributed by atoms with van der Waals surface area (Å²) in [5.74, 6) is -0.0530. The number of anilines is 1. The number of nitrogens with one attached hydrogen (secondary N) is 1. The number of nitrogens with two attached hydrogens (primary N) is 1. The lowest BCUT2D eigenvalue weighted by Crippen LogP contribution is -2.37. The highest BCUT2D eigenvalue weighted by molar-refractivity contribution is 5.91. The van der Waals surface area contributed by atoms with Gasteiger partial charge in [-0.05, 0) is 50.2 Å². The Kier molecular flexibility index (Phi) is 4.58. The van der Waals surface area contributed by atoms with Gasteiger partial charge in [0.1, 0.15) is 0 Å². The van der Waals surface area contributed by atoms with Gasteiger partial charge in [0.25, 0.3) is 0 Å². The summed E-state index contributed by atoms with van der Waals surface area (Å²) in [4.78, 5) is 14.0. The highest BCUT2D eigenvalue weighted by Gasteiger charge is 2.20. The normalized spacial score (nSPS) is 19.9. The SMILES string of the molecule is CN1CCCC1CNC(=O)/C=C/c1cccc(N)c1. The zero-order valence-electron chi connectivity index (χ0n) is 11.3. The summed E-state index contributed by atoms with van der Waals surface area (Å²) in [6.07, 6.45) is 5.72. The molecule has 0 saturated carbocycles. The Bertz CT molecular complexity index is 470. The summed E-state index contributed by atoms with van der Waals surface area (Å²) < 4.78 is 0. The van der Waals surface area contributed by atoms with Crippen LogP contribution < -0.4 is 11.1 Å². The maximum atomic E-state index is 11.7. The van der Waals surface area contributed by atoms with Crippen LogP contribution in [0.3, 0.4) is 0 Å². The van der Waals surface area contributed by atoms with Crippen LogP contribution in [0.5, 0.6) is 0 Å². The quantitative estimate of drug-likeness (QED) is 0.636. The molecular formula is C15H21N3O. The summed E-state index contributed by atoms with van der Waals surface area (Å²) in [7, 11) is 2.10. The molecule has 1 amide bonds. The average molecular weight is 259 g/mol. The molecule has 1 aromatic rings. The predicted molar refractivity (Wildman–Crippen MR) is 78.6 cm³/mol. The number of hydrogen-bond donors (Lipinski definition) is 2.